The minimum Gasteiger partial charge on any atom is -0.377 e. The second-order valence-electron chi connectivity index (χ2n) is 4.53. The molecule has 1 aliphatic heterocycles. The highest BCUT2D eigenvalue weighted by molar-refractivity contribution is 4.81. The zero-order valence-electron chi connectivity index (χ0n) is 9.92. The summed E-state index contributed by atoms with van der Waals surface area (Å²) in [5, 5.41) is 3.22. The Hall–Kier alpha value is -0.120. The van der Waals surface area contributed by atoms with Crippen LogP contribution in [0, 0.1) is 5.92 Å². The standard InChI is InChI=1S/C11H24N2O/c1-9(7-12-3)8-13(4)11-5-6-14-10(11)2/h9-12H,5-8H2,1-4H3. The van der Waals surface area contributed by atoms with E-state index in [-0.39, 0.29) is 0 Å². The lowest BCUT2D eigenvalue weighted by atomic mass is 10.1. The van der Waals surface area contributed by atoms with Gasteiger partial charge in [0.25, 0.3) is 0 Å². The van der Waals surface area contributed by atoms with Crippen LogP contribution in [0.25, 0.3) is 0 Å². The highest BCUT2D eigenvalue weighted by atomic mass is 16.5. The van der Waals surface area contributed by atoms with Crippen molar-refractivity contribution in [1.29, 1.82) is 0 Å². The van der Waals surface area contributed by atoms with E-state index in [2.05, 4.69) is 31.1 Å². The molecule has 0 amide bonds. The zero-order valence-corrected chi connectivity index (χ0v) is 9.92. The summed E-state index contributed by atoms with van der Waals surface area (Å²) in [5.74, 6) is 0.706. The van der Waals surface area contributed by atoms with Gasteiger partial charge in [0.1, 0.15) is 0 Å². The molecule has 0 aromatic carbocycles. The molecule has 14 heavy (non-hydrogen) atoms. The third-order valence-corrected chi connectivity index (χ3v) is 3.05. The van der Waals surface area contributed by atoms with Crippen LogP contribution in [-0.4, -0.2) is 50.8 Å². The highest BCUT2D eigenvalue weighted by Gasteiger charge is 2.28. The van der Waals surface area contributed by atoms with Gasteiger partial charge in [0, 0.05) is 19.2 Å². The second-order valence-corrected chi connectivity index (χ2v) is 4.53. The van der Waals surface area contributed by atoms with Crippen LogP contribution in [0.3, 0.4) is 0 Å². The van der Waals surface area contributed by atoms with Gasteiger partial charge in [-0.25, -0.2) is 0 Å². The van der Waals surface area contributed by atoms with Crippen LogP contribution in [0.1, 0.15) is 20.3 Å². The first kappa shape index (κ1) is 12.0. The van der Waals surface area contributed by atoms with Crippen molar-refractivity contribution in [3.05, 3.63) is 0 Å². The Bertz CT molecular complexity index is 163. The minimum atomic E-state index is 0.404. The summed E-state index contributed by atoms with van der Waals surface area (Å²) in [5.41, 5.74) is 0. The van der Waals surface area contributed by atoms with Crippen LogP contribution in [0.5, 0.6) is 0 Å². The topological polar surface area (TPSA) is 24.5 Å². The maximum Gasteiger partial charge on any atom is 0.0702 e. The van der Waals surface area contributed by atoms with Crippen LogP contribution in [0.15, 0.2) is 0 Å². The van der Waals surface area contributed by atoms with E-state index in [0.717, 1.165) is 19.7 Å². The van der Waals surface area contributed by atoms with Gasteiger partial charge in [0.05, 0.1) is 6.10 Å². The first-order valence-electron chi connectivity index (χ1n) is 5.61. The molecule has 0 aromatic heterocycles. The monoisotopic (exact) mass is 200 g/mol. The first-order chi connectivity index (χ1) is 6.65. The fourth-order valence-corrected chi connectivity index (χ4v) is 2.34. The predicted molar refractivity (Wildman–Crippen MR) is 59.5 cm³/mol. The molecule has 1 heterocycles. The molecule has 0 radical (unpaired) electrons. The fraction of sp³-hybridized carbons (Fsp3) is 1.00. The Labute approximate surface area is 87.8 Å². The SMILES string of the molecule is CNCC(C)CN(C)C1CCOC1C. The summed E-state index contributed by atoms with van der Waals surface area (Å²) >= 11 is 0. The van der Waals surface area contributed by atoms with Crippen molar-refractivity contribution >= 4 is 0 Å². The van der Waals surface area contributed by atoms with Crippen molar-refractivity contribution in [1.82, 2.24) is 10.2 Å². The molecule has 3 heteroatoms. The lowest BCUT2D eigenvalue weighted by Crippen LogP contribution is -2.40. The van der Waals surface area contributed by atoms with Crippen LogP contribution in [0.2, 0.25) is 0 Å². The molecule has 1 saturated heterocycles. The molecule has 0 aliphatic carbocycles. The molecule has 1 aliphatic rings. The van der Waals surface area contributed by atoms with Crippen LogP contribution in [0.4, 0.5) is 0 Å². The fourth-order valence-electron chi connectivity index (χ4n) is 2.34. The third-order valence-electron chi connectivity index (χ3n) is 3.05. The summed E-state index contributed by atoms with van der Waals surface area (Å²) in [4.78, 5) is 2.44. The van der Waals surface area contributed by atoms with Gasteiger partial charge in [-0.2, -0.15) is 0 Å². The average Bonchev–Trinajstić information content (AvgIpc) is 2.51. The van der Waals surface area contributed by atoms with Crippen molar-refractivity contribution in [2.24, 2.45) is 5.92 Å². The Morgan fingerprint density at radius 3 is 2.79 bits per heavy atom. The molecule has 0 spiro atoms. The smallest absolute Gasteiger partial charge is 0.0702 e. The van der Waals surface area contributed by atoms with Crippen molar-refractivity contribution in [3.8, 4) is 0 Å². The van der Waals surface area contributed by atoms with E-state index >= 15 is 0 Å². The second kappa shape index (κ2) is 5.69. The zero-order chi connectivity index (χ0) is 10.6. The molecule has 1 rings (SSSR count). The predicted octanol–water partition coefficient (Wildman–Crippen LogP) is 0.951. The molecular weight excluding hydrogens is 176 g/mol. The Morgan fingerprint density at radius 2 is 2.29 bits per heavy atom. The van der Waals surface area contributed by atoms with E-state index in [9.17, 15) is 0 Å². The van der Waals surface area contributed by atoms with Gasteiger partial charge in [-0.1, -0.05) is 6.92 Å². The van der Waals surface area contributed by atoms with Crippen LogP contribution in [-0.2, 0) is 4.74 Å². The molecule has 1 N–H and O–H groups in total. The van der Waals surface area contributed by atoms with Gasteiger partial charge in [0.15, 0.2) is 0 Å². The van der Waals surface area contributed by atoms with Gasteiger partial charge < -0.3 is 15.0 Å². The van der Waals surface area contributed by atoms with Gasteiger partial charge >= 0.3 is 0 Å². The van der Waals surface area contributed by atoms with Crippen LogP contribution < -0.4 is 5.32 Å². The van der Waals surface area contributed by atoms with Gasteiger partial charge in [-0.15, -0.1) is 0 Å². The number of ether oxygens (including phenoxy) is 1. The van der Waals surface area contributed by atoms with E-state index in [0.29, 0.717) is 18.1 Å². The lowest BCUT2D eigenvalue weighted by Gasteiger charge is -2.29. The summed E-state index contributed by atoms with van der Waals surface area (Å²) in [6.45, 7) is 7.63. The largest absolute Gasteiger partial charge is 0.377 e. The molecule has 1 fully saturated rings. The van der Waals surface area contributed by atoms with E-state index in [1.807, 2.05) is 7.05 Å². The summed E-state index contributed by atoms with van der Waals surface area (Å²) < 4.78 is 5.57. The molecule has 84 valence electrons. The van der Waals surface area contributed by atoms with Gasteiger partial charge in [-0.3, -0.25) is 0 Å². The van der Waals surface area contributed by atoms with E-state index in [4.69, 9.17) is 4.74 Å². The summed E-state index contributed by atoms with van der Waals surface area (Å²) in [7, 11) is 4.22. The normalized spacial score (nSPS) is 29.8. The third kappa shape index (κ3) is 3.23. The van der Waals surface area contributed by atoms with Crippen LogP contribution >= 0.6 is 0 Å². The average molecular weight is 200 g/mol. The van der Waals surface area contributed by atoms with Crippen molar-refractivity contribution in [2.75, 3.05) is 33.8 Å². The van der Waals surface area contributed by atoms with Gasteiger partial charge in [-0.05, 0) is 39.9 Å². The molecule has 0 bridgehead atoms. The number of rotatable bonds is 5. The summed E-state index contributed by atoms with van der Waals surface area (Å²) in [6, 6.07) is 0.620. The molecule has 0 saturated carbocycles. The number of nitrogens with one attached hydrogen (secondary N) is 1. The lowest BCUT2D eigenvalue weighted by molar-refractivity contribution is 0.0792. The molecule has 3 unspecified atom stereocenters. The Morgan fingerprint density at radius 1 is 1.57 bits per heavy atom. The number of hydrogen-bond acceptors (Lipinski definition) is 3. The molecule has 0 aromatic rings. The molecule has 3 nitrogen and oxygen atoms in total. The number of likely N-dealkylation sites (N-methyl/N-ethyl adjacent to an activating group) is 1. The number of nitrogens with zero attached hydrogens (tertiary/aromatic N) is 1. The minimum absolute atomic E-state index is 0.404. The van der Waals surface area contributed by atoms with Crippen molar-refractivity contribution < 1.29 is 4.74 Å². The molecule has 3 atom stereocenters. The van der Waals surface area contributed by atoms with E-state index in [1.54, 1.807) is 0 Å². The van der Waals surface area contributed by atoms with Crippen molar-refractivity contribution in [2.45, 2.75) is 32.4 Å². The number of hydrogen-bond donors (Lipinski definition) is 1. The summed E-state index contributed by atoms with van der Waals surface area (Å²) in [6.07, 6.45) is 1.59. The Balaban J connectivity index is 2.29. The van der Waals surface area contributed by atoms with E-state index < -0.39 is 0 Å². The highest BCUT2D eigenvalue weighted by Crippen LogP contribution is 2.18. The Kier molecular flexibility index (Phi) is 4.85. The molecular formula is C11H24N2O. The maximum atomic E-state index is 5.57. The first-order valence-corrected chi connectivity index (χ1v) is 5.61. The van der Waals surface area contributed by atoms with Gasteiger partial charge in [0.2, 0.25) is 0 Å². The van der Waals surface area contributed by atoms with E-state index in [1.165, 1.54) is 6.42 Å². The quantitative estimate of drug-likeness (QED) is 0.715. The maximum absolute atomic E-state index is 5.57. The van der Waals surface area contributed by atoms with Crippen molar-refractivity contribution in [3.63, 3.8) is 0 Å².